The van der Waals surface area contributed by atoms with Crippen molar-refractivity contribution >= 4 is 35.8 Å². The maximum absolute atomic E-state index is 5.41. The minimum atomic E-state index is 0. The number of para-hydroxylation sites is 1. The number of benzene rings is 1. The molecule has 0 aliphatic carbocycles. The highest BCUT2D eigenvalue weighted by Crippen LogP contribution is 2.21. The Morgan fingerprint density at radius 2 is 1.93 bits per heavy atom. The Morgan fingerprint density at radius 1 is 1.17 bits per heavy atom. The second-order valence-corrected chi connectivity index (χ2v) is 7.61. The highest BCUT2D eigenvalue weighted by molar-refractivity contribution is 14.0. The van der Waals surface area contributed by atoms with E-state index in [4.69, 9.17) is 4.74 Å². The van der Waals surface area contributed by atoms with Crippen LogP contribution in [0.4, 0.5) is 5.82 Å². The second-order valence-electron chi connectivity index (χ2n) is 7.61. The van der Waals surface area contributed by atoms with Gasteiger partial charge in [-0.05, 0) is 48.4 Å². The monoisotopic (exact) mass is 523 g/mol. The van der Waals surface area contributed by atoms with E-state index in [-0.39, 0.29) is 24.0 Å². The van der Waals surface area contributed by atoms with E-state index in [0.717, 1.165) is 55.1 Å². The van der Waals surface area contributed by atoms with Gasteiger partial charge in [-0.25, -0.2) is 4.98 Å². The molecule has 164 valence electrons. The Labute approximate surface area is 197 Å². The predicted molar refractivity (Wildman–Crippen MR) is 135 cm³/mol. The number of guanidine groups is 1. The number of anilines is 1. The van der Waals surface area contributed by atoms with Gasteiger partial charge in [0.15, 0.2) is 5.96 Å². The topological polar surface area (TPSA) is 61.8 Å². The summed E-state index contributed by atoms with van der Waals surface area (Å²) in [6.45, 7) is 6.02. The number of ether oxygens (including phenoxy) is 1. The van der Waals surface area contributed by atoms with Crippen LogP contribution in [0, 0.1) is 5.92 Å². The number of halogens is 1. The van der Waals surface area contributed by atoms with Crippen molar-refractivity contribution in [3.8, 4) is 5.75 Å². The molecule has 1 aromatic heterocycles. The molecule has 0 bridgehead atoms. The summed E-state index contributed by atoms with van der Waals surface area (Å²) in [6.07, 6.45) is 5.33. The van der Waals surface area contributed by atoms with Gasteiger partial charge in [-0.1, -0.05) is 31.2 Å². The number of rotatable bonds is 7. The van der Waals surface area contributed by atoms with Crippen LogP contribution in [-0.4, -0.2) is 44.7 Å². The van der Waals surface area contributed by atoms with E-state index < -0.39 is 0 Å². The molecule has 1 fully saturated rings. The Balaban J connectivity index is 0.00000320. The third-order valence-corrected chi connectivity index (χ3v) is 5.48. The molecule has 0 spiro atoms. The van der Waals surface area contributed by atoms with Crippen molar-refractivity contribution in [2.75, 3.05) is 38.7 Å². The molecule has 0 unspecified atom stereocenters. The fourth-order valence-electron chi connectivity index (χ4n) is 3.58. The minimum absolute atomic E-state index is 0. The molecule has 3 rings (SSSR count). The zero-order valence-electron chi connectivity index (χ0n) is 18.2. The Hall–Kier alpha value is -2.03. The van der Waals surface area contributed by atoms with Crippen LogP contribution in [0.1, 0.15) is 30.9 Å². The van der Waals surface area contributed by atoms with Gasteiger partial charge in [0.25, 0.3) is 0 Å². The van der Waals surface area contributed by atoms with Crippen molar-refractivity contribution in [1.82, 2.24) is 15.6 Å². The van der Waals surface area contributed by atoms with E-state index >= 15 is 0 Å². The minimum Gasteiger partial charge on any atom is -0.496 e. The maximum Gasteiger partial charge on any atom is 0.191 e. The average molecular weight is 523 g/mol. The third-order valence-electron chi connectivity index (χ3n) is 5.48. The summed E-state index contributed by atoms with van der Waals surface area (Å²) < 4.78 is 5.41. The SMILES string of the molecule is CN=C(NCCc1ccccc1OC)NCc1ccc(N2CCC(C)CC2)nc1.I. The molecule has 0 amide bonds. The Bertz CT molecular complexity index is 788. The van der Waals surface area contributed by atoms with Crippen LogP contribution >= 0.6 is 24.0 Å². The van der Waals surface area contributed by atoms with Gasteiger partial charge in [-0.2, -0.15) is 0 Å². The molecule has 0 atom stereocenters. The van der Waals surface area contributed by atoms with Crippen molar-refractivity contribution in [2.24, 2.45) is 10.9 Å². The van der Waals surface area contributed by atoms with E-state index in [1.807, 2.05) is 24.4 Å². The predicted octanol–water partition coefficient (Wildman–Crippen LogP) is 3.85. The highest BCUT2D eigenvalue weighted by Gasteiger charge is 2.16. The van der Waals surface area contributed by atoms with Crippen LogP contribution in [0.2, 0.25) is 0 Å². The van der Waals surface area contributed by atoms with Crippen molar-refractivity contribution in [1.29, 1.82) is 0 Å². The number of hydrogen-bond acceptors (Lipinski definition) is 4. The number of nitrogens with one attached hydrogen (secondary N) is 2. The van der Waals surface area contributed by atoms with Gasteiger partial charge in [0.05, 0.1) is 7.11 Å². The van der Waals surface area contributed by atoms with Gasteiger partial charge >= 0.3 is 0 Å². The highest BCUT2D eigenvalue weighted by atomic mass is 127. The lowest BCUT2D eigenvalue weighted by Gasteiger charge is -2.31. The molecule has 30 heavy (non-hydrogen) atoms. The van der Waals surface area contributed by atoms with Crippen LogP contribution in [-0.2, 0) is 13.0 Å². The number of aromatic nitrogens is 1. The normalized spacial score (nSPS) is 14.8. The Kier molecular flexibility index (Phi) is 10.2. The second kappa shape index (κ2) is 12.6. The number of piperidine rings is 1. The van der Waals surface area contributed by atoms with Crippen LogP contribution in [0.5, 0.6) is 5.75 Å². The first-order valence-electron chi connectivity index (χ1n) is 10.5. The van der Waals surface area contributed by atoms with Crippen LogP contribution in [0.15, 0.2) is 47.6 Å². The van der Waals surface area contributed by atoms with Crippen molar-refractivity contribution in [3.63, 3.8) is 0 Å². The molecular weight excluding hydrogens is 489 g/mol. The van der Waals surface area contributed by atoms with Gasteiger partial charge in [-0.3, -0.25) is 4.99 Å². The number of aliphatic imine (C=N–C) groups is 1. The molecule has 2 aromatic rings. The maximum atomic E-state index is 5.41. The summed E-state index contributed by atoms with van der Waals surface area (Å²) in [6, 6.07) is 12.4. The molecule has 1 aromatic carbocycles. The Morgan fingerprint density at radius 3 is 2.60 bits per heavy atom. The van der Waals surface area contributed by atoms with Crippen LogP contribution in [0.25, 0.3) is 0 Å². The average Bonchev–Trinajstić information content (AvgIpc) is 2.77. The first-order chi connectivity index (χ1) is 14.2. The first-order valence-corrected chi connectivity index (χ1v) is 10.5. The van der Waals surface area contributed by atoms with Gasteiger partial charge in [-0.15, -0.1) is 24.0 Å². The van der Waals surface area contributed by atoms with Crippen molar-refractivity contribution in [3.05, 3.63) is 53.7 Å². The fraction of sp³-hybridized carbons (Fsp3) is 0.478. The third kappa shape index (κ3) is 7.04. The smallest absolute Gasteiger partial charge is 0.191 e. The van der Waals surface area contributed by atoms with Crippen molar-refractivity contribution < 1.29 is 4.74 Å². The summed E-state index contributed by atoms with van der Waals surface area (Å²) in [4.78, 5) is 11.4. The number of methoxy groups -OCH3 is 1. The van der Waals surface area contributed by atoms with E-state index in [2.05, 4.69) is 50.6 Å². The fourth-order valence-corrected chi connectivity index (χ4v) is 3.58. The summed E-state index contributed by atoms with van der Waals surface area (Å²) in [5.74, 6) is 3.62. The van der Waals surface area contributed by atoms with Crippen LogP contribution in [0.3, 0.4) is 0 Å². The lowest BCUT2D eigenvalue weighted by molar-refractivity contribution is 0.409. The van der Waals surface area contributed by atoms with E-state index in [1.54, 1.807) is 14.2 Å². The number of hydrogen-bond donors (Lipinski definition) is 2. The molecule has 7 heteroatoms. The number of nitrogens with zero attached hydrogens (tertiary/aromatic N) is 3. The molecule has 0 saturated carbocycles. The molecule has 2 N–H and O–H groups in total. The molecule has 1 aliphatic heterocycles. The molecule has 1 aliphatic rings. The molecule has 2 heterocycles. The standard InChI is InChI=1S/C23H33N5O.HI/c1-18-11-14-28(15-12-18)22-9-8-19(16-26-22)17-27-23(24-2)25-13-10-20-6-4-5-7-21(20)29-3;/h4-9,16,18H,10-15,17H2,1-3H3,(H2,24,25,27);1H. The van der Waals surface area contributed by atoms with Gasteiger partial charge < -0.3 is 20.3 Å². The summed E-state index contributed by atoms with van der Waals surface area (Å²) in [7, 11) is 3.50. The summed E-state index contributed by atoms with van der Waals surface area (Å²) in [5.41, 5.74) is 2.33. The van der Waals surface area contributed by atoms with Crippen molar-refractivity contribution in [2.45, 2.75) is 32.7 Å². The molecule has 1 saturated heterocycles. The zero-order valence-corrected chi connectivity index (χ0v) is 20.6. The van der Waals surface area contributed by atoms with Gasteiger partial charge in [0.1, 0.15) is 11.6 Å². The molecular formula is C23H34IN5O. The van der Waals surface area contributed by atoms with E-state index in [1.165, 1.54) is 18.4 Å². The largest absolute Gasteiger partial charge is 0.496 e. The number of pyridine rings is 1. The quantitative estimate of drug-likeness (QED) is 0.328. The van der Waals surface area contributed by atoms with E-state index in [0.29, 0.717) is 6.54 Å². The lowest BCUT2D eigenvalue weighted by Crippen LogP contribution is -2.38. The first kappa shape index (κ1) is 24.2. The lowest BCUT2D eigenvalue weighted by atomic mass is 9.99. The summed E-state index contributed by atoms with van der Waals surface area (Å²) in [5, 5.41) is 6.72. The van der Waals surface area contributed by atoms with Gasteiger partial charge in [0, 0.05) is 39.4 Å². The van der Waals surface area contributed by atoms with E-state index in [9.17, 15) is 0 Å². The zero-order chi connectivity index (χ0) is 20.5. The summed E-state index contributed by atoms with van der Waals surface area (Å²) >= 11 is 0. The molecule has 0 radical (unpaired) electrons. The molecule has 6 nitrogen and oxygen atoms in total. The van der Waals surface area contributed by atoms with Gasteiger partial charge in [0.2, 0.25) is 0 Å². The van der Waals surface area contributed by atoms with Crippen LogP contribution < -0.4 is 20.3 Å².